The molecule has 1 saturated heterocycles. The van der Waals surface area contributed by atoms with Gasteiger partial charge in [0.15, 0.2) is 0 Å². The Morgan fingerprint density at radius 3 is 2.62 bits per heavy atom. The number of thiazole rings is 2. The van der Waals surface area contributed by atoms with E-state index in [0.717, 1.165) is 0 Å². The van der Waals surface area contributed by atoms with E-state index >= 15 is 0 Å². The van der Waals surface area contributed by atoms with Crippen LogP contribution >= 0.6 is 22.7 Å². The molecule has 32 heavy (non-hydrogen) atoms. The number of amides is 1. The van der Waals surface area contributed by atoms with Crippen molar-refractivity contribution >= 4 is 50.7 Å². The van der Waals surface area contributed by atoms with Crippen molar-refractivity contribution < 1.29 is 54.2 Å². The molecule has 4 atom stereocenters. The van der Waals surface area contributed by atoms with E-state index in [-0.39, 0.29) is 52.6 Å². The first-order valence-corrected chi connectivity index (χ1v) is 11.3. The first kappa shape index (κ1) is 23.3. The monoisotopic (exact) mass is 480 g/mol. The third-order valence-electron chi connectivity index (χ3n) is 6.01. The normalized spacial score (nSPS) is 23.2. The molecule has 0 unspecified atom stereocenters. The molecule has 3 aromatic rings. The molecule has 0 saturated carbocycles. The van der Waals surface area contributed by atoms with Crippen LogP contribution in [0.25, 0.3) is 10.4 Å². The van der Waals surface area contributed by atoms with Crippen LogP contribution in [0.4, 0.5) is 0 Å². The van der Waals surface area contributed by atoms with Crippen LogP contribution in [0.5, 0.6) is 0 Å². The molecular formula is C20H17N4NaO5S2. The van der Waals surface area contributed by atoms with Gasteiger partial charge < -0.3 is 19.9 Å². The minimum absolute atomic E-state index is 0. The predicted octanol–water partition coefficient (Wildman–Crippen LogP) is -2.29. The van der Waals surface area contributed by atoms with Crippen LogP contribution < -0.4 is 34.7 Å². The standard InChI is InChI=1S/C20H18N4O5S2.Na/c1-7-11(15(20(28)29)24-14(7)12(9(3)25)18(24)27)10-4-23-5-21-13(19(23)31-10)16(26)17-8(2)22-6-30-17;/h4-7,9,12,14,25H,1-3H3,(H,28,29);/q;+1/p-1/t7-,9+,12+,14+;/m0./s1. The van der Waals surface area contributed by atoms with Crippen molar-refractivity contribution in [2.24, 2.45) is 11.8 Å². The van der Waals surface area contributed by atoms with Crippen LogP contribution in [-0.2, 0) is 9.59 Å². The van der Waals surface area contributed by atoms with Gasteiger partial charge in [-0.15, -0.1) is 22.7 Å². The third kappa shape index (κ3) is 3.14. The molecule has 1 fully saturated rings. The number of aryl methyl sites for hydroxylation is 1. The molecule has 1 N–H and O–H groups in total. The minimum Gasteiger partial charge on any atom is -0.543 e. The fraction of sp³-hybridized carbons (Fsp3) is 0.350. The van der Waals surface area contributed by atoms with Gasteiger partial charge in [-0.2, -0.15) is 0 Å². The van der Waals surface area contributed by atoms with Crippen LogP contribution in [0.3, 0.4) is 0 Å². The van der Waals surface area contributed by atoms with Gasteiger partial charge >= 0.3 is 29.6 Å². The first-order chi connectivity index (χ1) is 14.7. The Labute approximate surface area is 212 Å². The molecule has 2 aliphatic rings. The minimum atomic E-state index is -1.44. The molecule has 5 heterocycles. The average Bonchev–Trinajstić information content (AvgIpc) is 3.42. The second-order valence-electron chi connectivity index (χ2n) is 7.80. The quantitative estimate of drug-likeness (QED) is 0.247. The van der Waals surface area contributed by atoms with Crippen LogP contribution in [0, 0.1) is 18.8 Å². The number of ketones is 1. The molecule has 5 rings (SSSR count). The van der Waals surface area contributed by atoms with Crippen molar-refractivity contribution in [1.82, 2.24) is 19.3 Å². The Balaban J connectivity index is 0.00000245. The number of carboxylic acid groups (broad SMARTS) is 1. The van der Waals surface area contributed by atoms with E-state index in [4.69, 9.17) is 0 Å². The fourth-order valence-corrected chi connectivity index (χ4v) is 6.55. The molecule has 0 aliphatic carbocycles. The van der Waals surface area contributed by atoms with E-state index in [1.165, 1.54) is 40.8 Å². The summed E-state index contributed by atoms with van der Waals surface area (Å²) in [5.41, 5.74) is 2.81. The molecule has 0 spiro atoms. The number of carbonyl (C=O) groups is 3. The summed E-state index contributed by atoms with van der Waals surface area (Å²) >= 11 is 2.49. The largest absolute Gasteiger partial charge is 1.00 e. The average molecular weight is 481 g/mol. The van der Waals surface area contributed by atoms with Gasteiger partial charge in [-0.05, 0) is 13.8 Å². The van der Waals surface area contributed by atoms with E-state index in [2.05, 4.69) is 9.97 Å². The number of hydrogen-bond donors (Lipinski definition) is 1. The number of imidazole rings is 1. The first-order valence-electron chi connectivity index (χ1n) is 9.60. The summed E-state index contributed by atoms with van der Waals surface area (Å²) in [7, 11) is 0. The number of carbonyl (C=O) groups excluding carboxylic acids is 3. The Bertz CT molecular complexity index is 1310. The van der Waals surface area contributed by atoms with Gasteiger partial charge in [-0.25, -0.2) is 9.97 Å². The van der Waals surface area contributed by atoms with Crippen LogP contribution in [-0.4, -0.2) is 54.2 Å². The van der Waals surface area contributed by atoms with Crippen molar-refractivity contribution in [2.75, 3.05) is 0 Å². The zero-order valence-corrected chi connectivity index (χ0v) is 21.4. The summed E-state index contributed by atoms with van der Waals surface area (Å²) in [6, 6.07) is -0.434. The SMILES string of the molecule is Cc1ncsc1C(=O)c1ncn2cc(C3=C(C(=O)[O-])N4C(=O)[C@H]([C@@H](C)O)[C@H]4[C@H]3C)sc12.[Na+]. The second kappa shape index (κ2) is 8.15. The summed E-state index contributed by atoms with van der Waals surface area (Å²) < 4.78 is 1.68. The molecule has 160 valence electrons. The van der Waals surface area contributed by atoms with Crippen molar-refractivity contribution in [1.29, 1.82) is 0 Å². The van der Waals surface area contributed by atoms with Crippen molar-refractivity contribution in [3.05, 3.63) is 44.9 Å². The van der Waals surface area contributed by atoms with Gasteiger partial charge in [0.05, 0.1) is 50.7 Å². The molecule has 1 amide bonds. The number of carboxylic acids is 1. The Kier molecular flexibility index (Phi) is 5.93. The molecule has 0 aromatic carbocycles. The van der Waals surface area contributed by atoms with E-state index in [1.54, 1.807) is 23.0 Å². The maximum absolute atomic E-state index is 13.0. The van der Waals surface area contributed by atoms with Crippen LogP contribution in [0.2, 0.25) is 0 Å². The summed E-state index contributed by atoms with van der Waals surface area (Å²) in [6.45, 7) is 5.13. The number of fused-ring (bicyclic) bond motifs is 2. The molecule has 12 heteroatoms. The summed E-state index contributed by atoms with van der Waals surface area (Å²) in [4.78, 5) is 48.7. The Morgan fingerprint density at radius 1 is 1.31 bits per heavy atom. The Morgan fingerprint density at radius 2 is 2.03 bits per heavy atom. The van der Waals surface area contributed by atoms with Gasteiger partial charge in [0, 0.05) is 17.7 Å². The number of nitrogens with zero attached hydrogens (tertiary/aromatic N) is 4. The molecule has 9 nitrogen and oxygen atoms in total. The fourth-order valence-electron chi connectivity index (χ4n) is 4.59. The van der Waals surface area contributed by atoms with E-state index in [1.807, 2.05) is 6.92 Å². The topological polar surface area (TPSA) is 128 Å². The van der Waals surface area contributed by atoms with E-state index < -0.39 is 29.9 Å². The van der Waals surface area contributed by atoms with Gasteiger partial charge in [-0.1, -0.05) is 6.92 Å². The maximum Gasteiger partial charge on any atom is 1.00 e. The smallest absolute Gasteiger partial charge is 0.543 e. The number of aromatic nitrogens is 3. The number of rotatable bonds is 5. The number of aliphatic hydroxyl groups is 1. The van der Waals surface area contributed by atoms with Crippen LogP contribution in [0.1, 0.15) is 39.8 Å². The number of aliphatic hydroxyl groups excluding tert-OH is 1. The van der Waals surface area contributed by atoms with Gasteiger partial charge in [0.25, 0.3) is 0 Å². The maximum atomic E-state index is 13.0. The zero-order valence-electron chi connectivity index (χ0n) is 17.7. The molecule has 3 aromatic heterocycles. The van der Waals surface area contributed by atoms with Crippen molar-refractivity contribution in [3.8, 4) is 0 Å². The second-order valence-corrected chi connectivity index (χ2v) is 9.69. The zero-order chi connectivity index (χ0) is 22.2. The summed E-state index contributed by atoms with van der Waals surface area (Å²) in [5.74, 6) is -3.06. The molecular weight excluding hydrogens is 463 g/mol. The van der Waals surface area contributed by atoms with Gasteiger partial charge in [0.2, 0.25) is 11.7 Å². The Hall–Kier alpha value is -1.89. The number of β-lactam (4-membered cyclic amide) rings is 1. The summed E-state index contributed by atoms with van der Waals surface area (Å²) in [6.07, 6.45) is 2.34. The third-order valence-corrected chi connectivity index (χ3v) is 8.08. The molecule has 2 aliphatic heterocycles. The van der Waals surface area contributed by atoms with Crippen molar-refractivity contribution in [3.63, 3.8) is 0 Å². The number of hydrogen-bond acceptors (Lipinski definition) is 9. The van der Waals surface area contributed by atoms with E-state index in [0.29, 0.717) is 25.9 Å². The molecule has 0 bridgehead atoms. The molecule has 0 radical (unpaired) electrons. The van der Waals surface area contributed by atoms with E-state index in [9.17, 15) is 24.6 Å². The van der Waals surface area contributed by atoms with Crippen LogP contribution in [0.15, 0.2) is 23.7 Å². The predicted molar refractivity (Wildman–Crippen MR) is 110 cm³/mol. The van der Waals surface area contributed by atoms with Gasteiger partial charge in [-0.3, -0.25) is 14.0 Å². The van der Waals surface area contributed by atoms with Crippen molar-refractivity contribution in [2.45, 2.75) is 32.9 Å². The number of aliphatic carboxylic acids is 1. The summed E-state index contributed by atoms with van der Waals surface area (Å²) in [5, 5.41) is 22.0. The van der Waals surface area contributed by atoms with Gasteiger partial charge in [0.1, 0.15) is 16.9 Å².